The highest BCUT2D eigenvalue weighted by molar-refractivity contribution is 5.90. The lowest BCUT2D eigenvalue weighted by Crippen LogP contribution is -2.57. The number of esters is 2. The summed E-state index contributed by atoms with van der Waals surface area (Å²) >= 11 is 0. The van der Waals surface area contributed by atoms with Crippen molar-refractivity contribution in [1.82, 2.24) is 0 Å². The molecule has 2 aliphatic heterocycles. The third kappa shape index (κ3) is 6.62. The SMILES string of the molecule is C/C=C1/[C@H](OC2O[C@@H](O)[C@@H](O)[C@@H](O)[C@H]2CO)OC=C(C(=O)OC)[C@H]1CC(=O)OCCc1ccc(O)c(O)c1. The van der Waals surface area contributed by atoms with Gasteiger partial charge in [0, 0.05) is 17.9 Å². The number of hydrogen-bond donors (Lipinski definition) is 6. The lowest BCUT2D eigenvalue weighted by atomic mass is 9.86. The molecule has 13 nitrogen and oxygen atoms in total. The molecule has 1 aromatic rings. The first kappa shape index (κ1) is 29.4. The second kappa shape index (κ2) is 13.0. The molecular formula is C25H32O13. The number of benzene rings is 1. The van der Waals surface area contributed by atoms with Crippen LogP contribution in [0.1, 0.15) is 18.9 Å². The van der Waals surface area contributed by atoms with Gasteiger partial charge in [0.05, 0.1) is 50.6 Å². The van der Waals surface area contributed by atoms with E-state index >= 15 is 0 Å². The fourth-order valence-electron chi connectivity index (χ4n) is 4.21. The van der Waals surface area contributed by atoms with Crippen molar-refractivity contribution >= 4 is 11.9 Å². The molecule has 1 unspecified atom stereocenters. The average Bonchev–Trinajstić information content (AvgIpc) is 2.89. The molecule has 7 atom stereocenters. The Bertz CT molecular complexity index is 1050. The number of aromatic hydroxyl groups is 2. The quantitative estimate of drug-likeness (QED) is 0.134. The Kier molecular flexibility index (Phi) is 10.1. The summed E-state index contributed by atoms with van der Waals surface area (Å²) in [4.78, 5) is 25.1. The molecule has 0 radical (unpaired) electrons. The predicted octanol–water partition coefficient (Wildman–Crippen LogP) is -0.429. The van der Waals surface area contributed by atoms with Crippen molar-refractivity contribution in [3.63, 3.8) is 0 Å². The lowest BCUT2D eigenvalue weighted by molar-refractivity contribution is -0.352. The number of aliphatic hydroxyl groups is 4. The van der Waals surface area contributed by atoms with Gasteiger partial charge in [-0.1, -0.05) is 12.1 Å². The minimum Gasteiger partial charge on any atom is -0.504 e. The minimum absolute atomic E-state index is 0.0135. The van der Waals surface area contributed by atoms with Crippen LogP contribution in [0.4, 0.5) is 0 Å². The number of aliphatic hydroxyl groups excluding tert-OH is 4. The molecule has 0 aliphatic carbocycles. The topological polar surface area (TPSA) is 202 Å². The van der Waals surface area contributed by atoms with Gasteiger partial charge in [0.15, 0.2) is 24.1 Å². The summed E-state index contributed by atoms with van der Waals surface area (Å²) in [6, 6.07) is 4.23. The van der Waals surface area contributed by atoms with Crippen molar-refractivity contribution in [2.45, 2.75) is 50.8 Å². The Hall–Kier alpha value is -3.20. The summed E-state index contributed by atoms with van der Waals surface area (Å²) in [5.41, 5.74) is 0.945. The van der Waals surface area contributed by atoms with Crippen molar-refractivity contribution in [3.05, 3.63) is 47.2 Å². The molecule has 210 valence electrons. The summed E-state index contributed by atoms with van der Waals surface area (Å²) < 4.78 is 26.6. The molecule has 38 heavy (non-hydrogen) atoms. The number of methoxy groups -OCH3 is 1. The summed E-state index contributed by atoms with van der Waals surface area (Å²) in [5.74, 6) is -4.02. The largest absolute Gasteiger partial charge is 0.504 e. The molecule has 0 bridgehead atoms. The second-order valence-corrected chi connectivity index (χ2v) is 8.73. The van der Waals surface area contributed by atoms with Crippen LogP contribution in [0.15, 0.2) is 41.7 Å². The van der Waals surface area contributed by atoms with Gasteiger partial charge in [-0.25, -0.2) is 4.79 Å². The van der Waals surface area contributed by atoms with Crippen LogP contribution in [0.3, 0.4) is 0 Å². The van der Waals surface area contributed by atoms with E-state index in [1.165, 1.54) is 19.2 Å². The van der Waals surface area contributed by atoms with Gasteiger partial charge in [-0.05, 0) is 24.6 Å². The summed E-state index contributed by atoms with van der Waals surface area (Å²) in [6.07, 6.45) is -5.10. The van der Waals surface area contributed by atoms with E-state index in [2.05, 4.69) is 0 Å². The van der Waals surface area contributed by atoms with Crippen LogP contribution >= 0.6 is 0 Å². The molecule has 1 aromatic carbocycles. The smallest absolute Gasteiger partial charge is 0.337 e. The molecule has 1 fully saturated rings. The Labute approximate surface area is 218 Å². The number of phenolic OH excluding ortho intramolecular Hbond substituents is 2. The number of phenols is 2. The van der Waals surface area contributed by atoms with E-state index in [1.807, 2.05) is 0 Å². The third-order valence-electron chi connectivity index (χ3n) is 6.36. The van der Waals surface area contributed by atoms with Gasteiger partial charge in [-0.3, -0.25) is 4.79 Å². The fourth-order valence-corrected chi connectivity index (χ4v) is 4.21. The van der Waals surface area contributed by atoms with Crippen LogP contribution in [-0.4, -0.2) is 94.0 Å². The molecule has 1 saturated heterocycles. The van der Waals surface area contributed by atoms with E-state index < -0.39 is 61.5 Å². The maximum absolute atomic E-state index is 12.7. The van der Waals surface area contributed by atoms with Gasteiger partial charge < -0.3 is 54.3 Å². The summed E-state index contributed by atoms with van der Waals surface area (Å²) in [7, 11) is 1.17. The first-order valence-corrected chi connectivity index (χ1v) is 11.8. The summed E-state index contributed by atoms with van der Waals surface area (Å²) in [6.45, 7) is 0.926. The highest BCUT2D eigenvalue weighted by atomic mass is 16.8. The zero-order valence-electron chi connectivity index (χ0n) is 20.8. The molecule has 0 spiro atoms. The van der Waals surface area contributed by atoms with Gasteiger partial charge in [-0.15, -0.1) is 0 Å². The van der Waals surface area contributed by atoms with Crippen molar-refractivity contribution in [2.75, 3.05) is 20.3 Å². The van der Waals surface area contributed by atoms with Crippen LogP contribution in [-0.2, 0) is 39.7 Å². The molecule has 0 amide bonds. The van der Waals surface area contributed by atoms with Crippen molar-refractivity contribution < 1.29 is 63.9 Å². The Balaban J connectivity index is 1.72. The number of hydrogen-bond acceptors (Lipinski definition) is 13. The van der Waals surface area contributed by atoms with Crippen LogP contribution in [0.25, 0.3) is 0 Å². The van der Waals surface area contributed by atoms with E-state index in [0.29, 0.717) is 11.1 Å². The highest BCUT2D eigenvalue weighted by Crippen LogP contribution is 2.37. The fraction of sp³-hybridized carbons (Fsp3) is 0.520. The van der Waals surface area contributed by atoms with E-state index in [1.54, 1.807) is 19.1 Å². The monoisotopic (exact) mass is 540 g/mol. The summed E-state index contributed by atoms with van der Waals surface area (Å²) in [5, 5.41) is 58.6. The van der Waals surface area contributed by atoms with E-state index in [9.17, 15) is 40.2 Å². The van der Waals surface area contributed by atoms with E-state index in [-0.39, 0.29) is 36.5 Å². The van der Waals surface area contributed by atoms with Gasteiger partial charge in [0.1, 0.15) is 6.10 Å². The maximum Gasteiger partial charge on any atom is 0.337 e. The third-order valence-corrected chi connectivity index (χ3v) is 6.36. The molecular weight excluding hydrogens is 508 g/mol. The van der Waals surface area contributed by atoms with Gasteiger partial charge in [0.25, 0.3) is 0 Å². The van der Waals surface area contributed by atoms with E-state index in [4.69, 9.17) is 23.7 Å². The Morgan fingerprint density at radius 1 is 1.11 bits per heavy atom. The first-order chi connectivity index (χ1) is 18.1. The molecule has 2 heterocycles. The van der Waals surface area contributed by atoms with Gasteiger partial charge in [-0.2, -0.15) is 0 Å². The molecule has 2 aliphatic rings. The molecule has 6 N–H and O–H groups in total. The van der Waals surface area contributed by atoms with Gasteiger partial charge in [0.2, 0.25) is 6.29 Å². The van der Waals surface area contributed by atoms with E-state index in [0.717, 1.165) is 6.26 Å². The first-order valence-electron chi connectivity index (χ1n) is 11.8. The van der Waals surface area contributed by atoms with Crippen LogP contribution in [0.5, 0.6) is 11.5 Å². The molecule has 0 aromatic heterocycles. The maximum atomic E-state index is 12.7. The predicted molar refractivity (Wildman–Crippen MR) is 126 cm³/mol. The number of rotatable bonds is 9. The lowest BCUT2D eigenvalue weighted by Gasteiger charge is -2.42. The number of carbonyl (C=O) groups is 2. The molecule has 3 rings (SSSR count). The van der Waals surface area contributed by atoms with Crippen LogP contribution in [0.2, 0.25) is 0 Å². The molecule has 0 saturated carbocycles. The number of carbonyl (C=O) groups excluding carboxylic acids is 2. The minimum atomic E-state index is -1.79. The Morgan fingerprint density at radius 3 is 2.47 bits per heavy atom. The number of ether oxygens (including phenoxy) is 5. The second-order valence-electron chi connectivity index (χ2n) is 8.73. The Morgan fingerprint density at radius 2 is 1.84 bits per heavy atom. The zero-order valence-corrected chi connectivity index (χ0v) is 20.8. The van der Waals surface area contributed by atoms with Gasteiger partial charge >= 0.3 is 11.9 Å². The van der Waals surface area contributed by atoms with Crippen molar-refractivity contribution in [2.24, 2.45) is 11.8 Å². The normalized spacial score (nSPS) is 30.3. The zero-order chi connectivity index (χ0) is 28.0. The van der Waals surface area contributed by atoms with Crippen LogP contribution < -0.4 is 0 Å². The molecule has 13 heteroatoms. The number of allylic oxidation sites excluding steroid dienone is 1. The van der Waals surface area contributed by atoms with Crippen LogP contribution in [0, 0.1) is 11.8 Å². The standard InChI is InChI=1S/C25H32O13/c1-3-13-14(9-19(29)35-7-6-12-4-5-17(27)18(28)8-12)16(22(32)34-2)11-36-24(13)38-25-15(10-26)20(30)21(31)23(33)37-25/h3-5,8,11,14-15,20-21,23-28,30-31,33H,6-7,9-10H2,1-2H3/b13-3+/t14-,15+,20-,21-,23+,24-,25?/m0/s1. The average molecular weight is 541 g/mol. The van der Waals surface area contributed by atoms with Crippen molar-refractivity contribution in [1.29, 1.82) is 0 Å². The highest BCUT2D eigenvalue weighted by Gasteiger charge is 2.47. The van der Waals surface area contributed by atoms with Crippen molar-refractivity contribution in [3.8, 4) is 11.5 Å².